The molecule has 0 aromatic heterocycles. The highest BCUT2D eigenvalue weighted by Gasteiger charge is 2.43. The van der Waals surface area contributed by atoms with Gasteiger partial charge in [-0.15, -0.1) is 0 Å². The molecule has 0 aromatic carbocycles. The minimum absolute atomic E-state index is 0.726. The number of rotatable bonds is 5. The Balaban J connectivity index is 1.61. The van der Waals surface area contributed by atoms with Gasteiger partial charge in [0.15, 0.2) is 0 Å². The molecule has 2 rings (SSSR count). The summed E-state index contributed by atoms with van der Waals surface area (Å²) in [7, 11) is 0. The average Bonchev–Trinajstić information content (AvgIpc) is 2.27. The molecule has 2 aliphatic rings. The fraction of sp³-hybridized carbons (Fsp3) is 1.00. The molecule has 1 spiro atoms. The summed E-state index contributed by atoms with van der Waals surface area (Å²) in [4.78, 5) is 5.29. The van der Waals surface area contributed by atoms with Crippen molar-refractivity contribution in [2.75, 3.05) is 39.3 Å². The number of hydrogen-bond acceptors (Lipinski definition) is 2. The van der Waals surface area contributed by atoms with E-state index < -0.39 is 0 Å². The van der Waals surface area contributed by atoms with Crippen molar-refractivity contribution >= 4 is 0 Å². The Bertz CT molecular complexity index is 221. The Labute approximate surface area is 107 Å². The second-order valence-corrected chi connectivity index (χ2v) is 6.68. The molecule has 2 aliphatic heterocycles. The van der Waals surface area contributed by atoms with Crippen molar-refractivity contribution in [1.29, 1.82) is 0 Å². The van der Waals surface area contributed by atoms with Crippen molar-refractivity contribution in [2.24, 2.45) is 11.3 Å². The highest BCUT2D eigenvalue weighted by Crippen LogP contribution is 2.40. The molecule has 17 heavy (non-hydrogen) atoms. The monoisotopic (exact) mass is 238 g/mol. The molecule has 0 aliphatic carbocycles. The van der Waals surface area contributed by atoms with Crippen molar-refractivity contribution in [3.63, 3.8) is 0 Å². The Morgan fingerprint density at radius 2 is 1.71 bits per heavy atom. The smallest absolute Gasteiger partial charge is 0.00514 e. The summed E-state index contributed by atoms with van der Waals surface area (Å²) in [5.41, 5.74) is 0.726. The van der Waals surface area contributed by atoms with Gasteiger partial charge in [0.25, 0.3) is 0 Å². The highest BCUT2D eigenvalue weighted by molar-refractivity contribution is 4.97. The van der Waals surface area contributed by atoms with Crippen LogP contribution in [-0.4, -0.2) is 49.1 Å². The topological polar surface area (TPSA) is 6.48 Å². The van der Waals surface area contributed by atoms with Gasteiger partial charge >= 0.3 is 0 Å². The summed E-state index contributed by atoms with van der Waals surface area (Å²) < 4.78 is 0. The third kappa shape index (κ3) is 3.45. The maximum atomic E-state index is 2.68. The molecule has 0 bridgehead atoms. The van der Waals surface area contributed by atoms with Crippen molar-refractivity contribution < 1.29 is 0 Å². The molecule has 0 amide bonds. The van der Waals surface area contributed by atoms with Gasteiger partial charge in [-0.2, -0.15) is 0 Å². The van der Waals surface area contributed by atoms with E-state index in [-0.39, 0.29) is 0 Å². The first-order valence-electron chi connectivity index (χ1n) is 7.58. The van der Waals surface area contributed by atoms with Gasteiger partial charge in [0, 0.05) is 13.1 Å². The molecule has 2 fully saturated rings. The van der Waals surface area contributed by atoms with E-state index in [1.807, 2.05) is 0 Å². The molecular formula is C15H30N2. The summed E-state index contributed by atoms with van der Waals surface area (Å²) in [6.45, 7) is 15.0. The Morgan fingerprint density at radius 1 is 1.06 bits per heavy atom. The molecule has 0 atom stereocenters. The first kappa shape index (κ1) is 13.4. The summed E-state index contributed by atoms with van der Waals surface area (Å²) >= 11 is 0. The quantitative estimate of drug-likeness (QED) is 0.727. The van der Waals surface area contributed by atoms with Gasteiger partial charge < -0.3 is 9.80 Å². The first-order valence-corrected chi connectivity index (χ1v) is 7.58. The van der Waals surface area contributed by atoms with E-state index in [2.05, 4.69) is 30.6 Å². The minimum atomic E-state index is 0.726. The van der Waals surface area contributed by atoms with E-state index in [1.54, 1.807) is 0 Å². The van der Waals surface area contributed by atoms with Crippen molar-refractivity contribution in [2.45, 2.75) is 46.5 Å². The van der Waals surface area contributed by atoms with Crippen molar-refractivity contribution in [3.05, 3.63) is 0 Å². The molecule has 0 saturated carbocycles. The number of likely N-dealkylation sites (tertiary alicyclic amines) is 2. The molecule has 0 radical (unpaired) electrons. The van der Waals surface area contributed by atoms with Crippen LogP contribution in [0.25, 0.3) is 0 Å². The molecule has 2 heteroatoms. The van der Waals surface area contributed by atoms with Gasteiger partial charge in [-0.05, 0) is 63.2 Å². The third-order valence-corrected chi connectivity index (χ3v) is 4.74. The zero-order valence-electron chi connectivity index (χ0n) is 12.0. The van der Waals surface area contributed by atoms with E-state index in [0.717, 1.165) is 11.3 Å². The molecule has 100 valence electrons. The SMILES string of the molecule is CCN1CCC2(CC1)CN(CCCC(C)C)C2. The Kier molecular flexibility index (Phi) is 4.48. The van der Waals surface area contributed by atoms with Crippen molar-refractivity contribution in [3.8, 4) is 0 Å². The fourth-order valence-electron chi connectivity index (χ4n) is 3.44. The number of piperidine rings is 1. The summed E-state index contributed by atoms with van der Waals surface area (Å²) in [5.74, 6) is 0.873. The van der Waals surface area contributed by atoms with Crippen LogP contribution in [0.5, 0.6) is 0 Å². The van der Waals surface area contributed by atoms with Gasteiger partial charge in [0.05, 0.1) is 0 Å². The maximum Gasteiger partial charge on any atom is 0.00514 e. The first-order chi connectivity index (χ1) is 8.13. The molecule has 2 saturated heterocycles. The largest absolute Gasteiger partial charge is 0.304 e. The van der Waals surface area contributed by atoms with Gasteiger partial charge in [0.2, 0.25) is 0 Å². The second-order valence-electron chi connectivity index (χ2n) is 6.68. The lowest BCUT2D eigenvalue weighted by Crippen LogP contribution is -2.60. The van der Waals surface area contributed by atoms with Crippen molar-refractivity contribution in [1.82, 2.24) is 9.80 Å². The van der Waals surface area contributed by atoms with Crippen LogP contribution in [0.15, 0.2) is 0 Å². The Morgan fingerprint density at radius 3 is 2.24 bits per heavy atom. The lowest BCUT2D eigenvalue weighted by Gasteiger charge is -2.54. The predicted octanol–water partition coefficient (Wildman–Crippen LogP) is 2.84. The predicted molar refractivity (Wildman–Crippen MR) is 74.3 cm³/mol. The molecular weight excluding hydrogens is 208 g/mol. The van der Waals surface area contributed by atoms with Crippen LogP contribution in [-0.2, 0) is 0 Å². The lowest BCUT2D eigenvalue weighted by molar-refractivity contribution is -0.0461. The van der Waals surface area contributed by atoms with Crippen LogP contribution in [0.3, 0.4) is 0 Å². The van der Waals surface area contributed by atoms with Crippen LogP contribution < -0.4 is 0 Å². The summed E-state index contributed by atoms with van der Waals surface area (Å²) in [5, 5.41) is 0. The average molecular weight is 238 g/mol. The van der Waals surface area contributed by atoms with Gasteiger partial charge in [-0.3, -0.25) is 0 Å². The van der Waals surface area contributed by atoms with Gasteiger partial charge in [-0.1, -0.05) is 20.8 Å². The van der Waals surface area contributed by atoms with Crippen LogP contribution in [0.2, 0.25) is 0 Å². The van der Waals surface area contributed by atoms with E-state index in [0.29, 0.717) is 0 Å². The van der Waals surface area contributed by atoms with Crippen LogP contribution in [0, 0.1) is 11.3 Å². The second kappa shape index (κ2) is 5.71. The normalized spacial score (nSPS) is 25.4. The highest BCUT2D eigenvalue weighted by atomic mass is 15.2. The lowest BCUT2D eigenvalue weighted by atomic mass is 9.72. The zero-order chi connectivity index (χ0) is 12.3. The summed E-state index contributed by atoms with van der Waals surface area (Å²) in [6, 6.07) is 0. The molecule has 0 unspecified atom stereocenters. The number of hydrogen-bond donors (Lipinski definition) is 0. The zero-order valence-corrected chi connectivity index (χ0v) is 12.0. The standard InChI is InChI=1S/C15H30N2/c1-4-16-10-7-15(8-11-16)12-17(13-15)9-5-6-14(2)3/h14H,4-13H2,1-3H3. The van der Waals surface area contributed by atoms with Gasteiger partial charge in [-0.25, -0.2) is 0 Å². The van der Waals surface area contributed by atoms with E-state index in [9.17, 15) is 0 Å². The van der Waals surface area contributed by atoms with Crippen LogP contribution >= 0.6 is 0 Å². The number of nitrogens with zero attached hydrogens (tertiary/aromatic N) is 2. The van der Waals surface area contributed by atoms with Gasteiger partial charge in [0.1, 0.15) is 0 Å². The van der Waals surface area contributed by atoms with Crippen LogP contribution in [0.1, 0.15) is 46.5 Å². The molecule has 0 aromatic rings. The minimum Gasteiger partial charge on any atom is -0.304 e. The maximum absolute atomic E-state index is 2.68. The van der Waals surface area contributed by atoms with E-state index in [1.165, 1.54) is 65.0 Å². The Hall–Kier alpha value is -0.0800. The molecule has 0 N–H and O–H groups in total. The fourth-order valence-corrected chi connectivity index (χ4v) is 3.44. The van der Waals surface area contributed by atoms with Crippen LogP contribution in [0.4, 0.5) is 0 Å². The summed E-state index contributed by atoms with van der Waals surface area (Å²) in [6.07, 6.45) is 5.69. The molecule has 2 nitrogen and oxygen atoms in total. The third-order valence-electron chi connectivity index (χ3n) is 4.74. The van der Waals surface area contributed by atoms with E-state index >= 15 is 0 Å². The van der Waals surface area contributed by atoms with E-state index in [4.69, 9.17) is 0 Å². The molecule has 2 heterocycles.